The number of para-hydroxylation sites is 1. The van der Waals surface area contributed by atoms with Crippen LogP contribution in [0.4, 0.5) is 11.6 Å². The largest absolute Gasteiger partial charge is 0.459 e. The highest BCUT2D eigenvalue weighted by atomic mass is 32.2. The van der Waals surface area contributed by atoms with Gasteiger partial charge in [-0.2, -0.15) is 14.6 Å². The number of oxazole rings is 1. The van der Waals surface area contributed by atoms with Crippen molar-refractivity contribution in [1.29, 1.82) is 5.26 Å². The van der Waals surface area contributed by atoms with E-state index < -0.39 is 20.6 Å². The van der Waals surface area contributed by atoms with Gasteiger partial charge in [-0.1, -0.05) is 12.1 Å². The number of nitriles is 1. The number of piperazine rings is 1. The molecule has 1 aliphatic heterocycles. The lowest BCUT2D eigenvalue weighted by Crippen LogP contribution is -2.48. The van der Waals surface area contributed by atoms with Crippen LogP contribution < -0.4 is 4.90 Å². The second kappa shape index (κ2) is 7.62. The van der Waals surface area contributed by atoms with Crippen LogP contribution in [-0.4, -0.2) is 48.8 Å². The van der Waals surface area contributed by atoms with Crippen molar-refractivity contribution in [2.75, 3.05) is 31.1 Å². The van der Waals surface area contributed by atoms with E-state index in [1.54, 1.807) is 17.0 Å². The minimum absolute atomic E-state index is 0.0655. The molecule has 0 bridgehead atoms. The van der Waals surface area contributed by atoms with E-state index in [-0.39, 0.29) is 48.5 Å². The summed E-state index contributed by atoms with van der Waals surface area (Å²) in [6, 6.07) is 10.5. The van der Waals surface area contributed by atoms with Crippen LogP contribution in [0.15, 0.2) is 56.4 Å². The molecule has 1 aromatic carbocycles. The number of rotatable bonds is 5. The Morgan fingerprint density at radius 1 is 1.13 bits per heavy atom. The monoisotopic (exact) mass is 429 g/mol. The Labute approximate surface area is 170 Å². The van der Waals surface area contributed by atoms with Gasteiger partial charge in [0.05, 0.1) is 11.2 Å². The molecule has 2 aromatic heterocycles. The van der Waals surface area contributed by atoms with Gasteiger partial charge in [0, 0.05) is 32.2 Å². The highest BCUT2D eigenvalue weighted by Gasteiger charge is 2.35. The van der Waals surface area contributed by atoms with Gasteiger partial charge >= 0.3 is 0 Å². The van der Waals surface area contributed by atoms with Crippen LogP contribution in [0.1, 0.15) is 5.69 Å². The highest BCUT2D eigenvalue weighted by molar-refractivity contribution is 7.89. The zero-order valence-electron chi connectivity index (χ0n) is 15.5. The summed E-state index contributed by atoms with van der Waals surface area (Å²) < 4.78 is 38.0. The molecule has 0 atom stereocenters. The lowest BCUT2D eigenvalue weighted by atomic mass is 10.3. The first-order valence-electron chi connectivity index (χ1n) is 8.85. The molecule has 3 heterocycles. The second-order valence-corrected chi connectivity index (χ2v) is 8.28. The van der Waals surface area contributed by atoms with E-state index in [0.29, 0.717) is 5.76 Å². The zero-order valence-corrected chi connectivity index (χ0v) is 16.3. The number of anilines is 1. The molecule has 11 nitrogen and oxygen atoms in total. The van der Waals surface area contributed by atoms with E-state index in [9.17, 15) is 23.8 Å². The van der Waals surface area contributed by atoms with Crippen molar-refractivity contribution in [3.05, 3.63) is 58.5 Å². The maximum absolute atomic E-state index is 12.9. The fourth-order valence-corrected chi connectivity index (χ4v) is 4.78. The van der Waals surface area contributed by atoms with Crippen LogP contribution in [0.25, 0.3) is 11.7 Å². The Morgan fingerprint density at radius 2 is 1.87 bits per heavy atom. The number of nitro groups is 1. The molecule has 3 aromatic rings. The third-order valence-electron chi connectivity index (χ3n) is 4.65. The smallest absolute Gasteiger partial charge is 0.289 e. The first-order valence-corrected chi connectivity index (χ1v) is 10.3. The molecule has 0 spiro atoms. The standard InChI is InChI=1S/C18H15N5O6S/c19-12-13-18(29-17(20-13)15-5-3-11-28-15)21-7-9-22(10-8-21)30(26,27)16-6-2-1-4-14(16)23(24)25/h1-6,11H,7-10H2. The lowest BCUT2D eigenvalue weighted by Gasteiger charge is -2.33. The molecule has 30 heavy (non-hydrogen) atoms. The maximum atomic E-state index is 12.9. The van der Waals surface area contributed by atoms with Gasteiger partial charge in [0.2, 0.25) is 21.6 Å². The predicted molar refractivity (Wildman–Crippen MR) is 103 cm³/mol. The van der Waals surface area contributed by atoms with Gasteiger partial charge in [0.25, 0.3) is 11.6 Å². The minimum atomic E-state index is -4.05. The van der Waals surface area contributed by atoms with Gasteiger partial charge in [0.15, 0.2) is 10.7 Å². The first-order chi connectivity index (χ1) is 14.4. The molecule has 12 heteroatoms. The first kappa shape index (κ1) is 19.6. The molecule has 1 saturated heterocycles. The normalized spacial score (nSPS) is 15.1. The molecule has 4 rings (SSSR count). The van der Waals surface area contributed by atoms with Crippen LogP contribution in [-0.2, 0) is 10.0 Å². The number of hydrogen-bond acceptors (Lipinski definition) is 9. The predicted octanol–water partition coefficient (Wildman–Crippen LogP) is 2.23. The molecule has 0 amide bonds. The maximum Gasteiger partial charge on any atom is 0.289 e. The van der Waals surface area contributed by atoms with Crippen molar-refractivity contribution in [2.45, 2.75) is 4.90 Å². The third kappa shape index (κ3) is 3.40. The zero-order chi connectivity index (χ0) is 21.3. The Morgan fingerprint density at radius 3 is 2.50 bits per heavy atom. The van der Waals surface area contributed by atoms with Crippen molar-refractivity contribution in [3.63, 3.8) is 0 Å². The fourth-order valence-electron chi connectivity index (χ4n) is 3.20. The molecular formula is C18H15N5O6S. The Balaban J connectivity index is 1.55. The average Bonchev–Trinajstić information content (AvgIpc) is 3.43. The molecule has 154 valence electrons. The fraction of sp³-hybridized carbons (Fsp3) is 0.222. The topological polar surface area (TPSA) is 147 Å². The van der Waals surface area contributed by atoms with E-state index >= 15 is 0 Å². The summed E-state index contributed by atoms with van der Waals surface area (Å²) in [5, 5.41) is 20.6. The highest BCUT2D eigenvalue weighted by Crippen LogP contribution is 2.31. The van der Waals surface area contributed by atoms with Crippen LogP contribution in [0, 0.1) is 21.4 Å². The van der Waals surface area contributed by atoms with E-state index in [4.69, 9.17) is 8.83 Å². The summed E-state index contributed by atoms with van der Waals surface area (Å²) in [4.78, 5) is 16.0. The molecule has 0 saturated carbocycles. The van der Waals surface area contributed by atoms with E-state index in [1.807, 2.05) is 6.07 Å². The van der Waals surface area contributed by atoms with Crippen molar-refractivity contribution in [1.82, 2.24) is 9.29 Å². The van der Waals surface area contributed by atoms with Gasteiger partial charge in [0.1, 0.15) is 6.07 Å². The van der Waals surface area contributed by atoms with E-state index in [2.05, 4.69) is 4.98 Å². The number of nitrogens with zero attached hydrogens (tertiary/aromatic N) is 5. The van der Waals surface area contributed by atoms with Gasteiger partial charge in [-0.15, -0.1) is 0 Å². The van der Waals surface area contributed by atoms with Crippen molar-refractivity contribution < 1.29 is 22.2 Å². The molecule has 1 fully saturated rings. The van der Waals surface area contributed by atoms with E-state index in [0.717, 1.165) is 6.07 Å². The number of nitro benzene ring substituents is 1. The van der Waals surface area contributed by atoms with Gasteiger partial charge < -0.3 is 13.7 Å². The Kier molecular flexibility index (Phi) is 4.98. The third-order valence-corrected chi connectivity index (χ3v) is 6.60. The Hall–Kier alpha value is -3.69. The van der Waals surface area contributed by atoms with Crippen molar-refractivity contribution >= 4 is 21.6 Å². The van der Waals surface area contributed by atoms with Gasteiger partial charge in [-0.05, 0) is 18.2 Å². The molecule has 0 unspecified atom stereocenters. The summed E-state index contributed by atoms with van der Waals surface area (Å²) in [7, 11) is -4.05. The van der Waals surface area contributed by atoms with Crippen molar-refractivity contribution in [2.24, 2.45) is 0 Å². The van der Waals surface area contributed by atoms with E-state index in [1.165, 1.54) is 28.8 Å². The summed E-state index contributed by atoms with van der Waals surface area (Å²) in [6.07, 6.45) is 1.46. The number of aromatic nitrogens is 1. The summed E-state index contributed by atoms with van der Waals surface area (Å²) in [5.74, 6) is 0.753. The average molecular weight is 429 g/mol. The molecule has 0 radical (unpaired) electrons. The molecule has 0 N–H and O–H groups in total. The van der Waals surface area contributed by atoms with Crippen LogP contribution in [0.2, 0.25) is 0 Å². The van der Waals surface area contributed by atoms with Gasteiger partial charge in [-0.3, -0.25) is 10.1 Å². The van der Waals surface area contributed by atoms with Crippen LogP contribution in [0.3, 0.4) is 0 Å². The molecule has 0 aliphatic carbocycles. The Bertz CT molecular complexity index is 1220. The summed E-state index contributed by atoms with van der Waals surface area (Å²) >= 11 is 0. The SMILES string of the molecule is N#Cc1nc(-c2ccco2)oc1N1CCN(S(=O)(=O)c2ccccc2[N+](=O)[O-])CC1. The molecule has 1 aliphatic rings. The van der Waals surface area contributed by atoms with Crippen molar-refractivity contribution in [3.8, 4) is 17.7 Å². The summed E-state index contributed by atoms with van der Waals surface area (Å²) in [5.41, 5.74) is -0.401. The number of hydrogen-bond donors (Lipinski definition) is 0. The minimum Gasteiger partial charge on any atom is -0.459 e. The number of sulfonamides is 1. The van der Waals surface area contributed by atoms with Crippen LogP contribution in [0.5, 0.6) is 0 Å². The second-order valence-electron chi connectivity index (χ2n) is 6.38. The van der Waals surface area contributed by atoms with Gasteiger partial charge in [-0.25, -0.2) is 8.42 Å². The number of benzene rings is 1. The quantitative estimate of drug-likeness (QED) is 0.440. The number of furan rings is 1. The van der Waals surface area contributed by atoms with Crippen LogP contribution >= 0.6 is 0 Å². The molecular weight excluding hydrogens is 414 g/mol. The lowest BCUT2D eigenvalue weighted by molar-refractivity contribution is -0.387. The summed E-state index contributed by atoms with van der Waals surface area (Å²) in [6.45, 7) is 0.578.